The van der Waals surface area contributed by atoms with Crippen molar-refractivity contribution in [3.63, 3.8) is 0 Å². The van der Waals surface area contributed by atoms with Crippen LogP contribution in [0.1, 0.15) is 21.9 Å². The van der Waals surface area contributed by atoms with Crippen molar-refractivity contribution in [1.29, 1.82) is 0 Å². The fourth-order valence-electron chi connectivity index (χ4n) is 2.90. The molecule has 146 valence electrons. The Balaban J connectivity index is 1.57. The van der Waals surface area contributed by atoms with Crippen LogP contribution in [0.15, 0.2) is 78.1 Å². The van der Waals surface area contributed by atoms with Crippen molar-refractivity contribution in [2.45, 2.75) is 18.7 Å². The molecule has 0 spiro atoms. The summed E-state index contributed by atoms with van der Waals surface area (Å²) in [6.45, 7) is 2.28. The standard InChI is InChI=1S/C22H20N4O2S/c1-16-8-5-6-12-20(16)28-14-21-24-25-22(26(21)17-9-3-2-4-10-17)29-15-19(27)18-11-7-13-23-18/h2-13,23H,14-15H2,1H3. The van der Waals surface area contributed by atoms with Crippen molar-refractivity contribution in [3.05, 3.63) is 90.0 Å². The minimum atomic E-state index is 0.0142. The number of hydrogen-bond acceptors (Lipinski definition) is 5. The van der Waals surface area contributed by atoms with E-state index in [1.807, 2.05) is 72.2 Å². The topological polar surface area (TPSA) is 72.8 Å². The lowest BCUT2D eigenvalue weighted by Crippen LogP contribution is -2.08. The first-order valence-corrected chi connectivity index (χ1v) is 10.2. The van der Waals surface area contributed by atoms with E-state index < -0.39 is 0 Å². The van der Waals surface area contributed by atoms with Gasteiger partial charge in [0.2, 0.25) is 0 Å². The number of benzene rings is 2. The van der Waals surface area contributed by atoms with Crippen LogP contribution in [0, 0.1) is 6.92 Å². The molecule has 29 heavy (non-hydrogen) atoms. The van der Waals surface area contributed by atoms with Crippen molar-refractivity contribution in [1.82, 2.24) is 19.7 Å². The average Bonchev–Trinajstić information content (AvgIpc) is 3.42. The molecule has 0 saturated carbocycles. The number of ether oxygens (including phenoxy) is 1. The van der Waals surface area contributed by atoms with Gasteiger partial charge in [-0.25, -0.2) is 0 Å². The number of hydrogen-bond donors (Lipinski definition) is 1. The van der Waals surface area contributed by atoms with E-state index in [-0.39, 0.29) is 18.1 Å². The van der Waals surface area contributed by atoms with Gasteiger partial charge in [0.25, 0.3) is 0 Å². The smallest absolute Gasteiger partial charge is 0.196 e. The molecule has 0 bridgehead atoms. The number of para-hydroxylation sites is 2. The number of thioether (sulfide) groups is 1. The van der Waals surface area contributed by atoms with E-state index in [2.05, 4.69) is 15.2 Å². The van der Waals surface area contributed by atoms with Crippen LogP contribution in [0.25, 0.3) is 5.69 Å². The average molecular weight is 404 g/mol. The van der Waals surface area contributed by atoms with Crippen LogP contribution in [-0.2, 0) is 6.61 Å². The van der Waals surface area contributed by atoms with Gasteiger partial charge in [-0.05, 0) is 42.8 Å². The Labute approximate surface area is 172 Å². The van der Waals surface area contributed by atoms with Crippen LogP contribution in [0.3, 0.4) is 0 Å². The molecule has 6 nitrogen and oxygen atoms in total. The molecule has 0 radical (unpaired) electrons. The zero-order chi connectivity index (χ0) is 20.1. The zero-order valence-corrected chi connectivity index (χ0v) is 16.7. The largest absolute Gasteiger partial charge is 0.485 e. The second kappa shape index (κ2) is 8.79. The molecule has 2 heterocycles. The number of Topliss-reactive ketones (excluding diaryl/α,β-unsaturated/α-hetero) is 1. The van der Waals surface area contributed by atoms with Crippen molar-refractivity contribution in [3.8, 4) is 11.4 Å². The Bertz CT molecular complexity index is 1090. The van der Waals surface area contributed by atoms with Crippen LogP contribution in [0.4, 0.5) is 0 Å². The normalized spacial score (nSPS) is 10.8. The van der Waals surface area contributed by atoms with E-state index in [1.54, 1.807) is 12.3 Å². The second-order valence-electron chi connectivity index (χ2n) is 6.42. The summed E-state index contributed by atoms with van der Waals surface area (Å²) in [5.41, 5.74) is 2.58. The maximum atomic E-state index is 12.3. The second-order valence-corrected chi connectivity index (χ2v) is 7.36. The summed E-state index contributed by atoms with van der Waals surface area (Å²) in [5, 5.41) is 9.29. The molecule has 0 unspecified atom stereocenters. The number of carbonyl (C=O) groups excluding carboxylic acids is 1. The van der Waals surface area contributed by atoms with Crippen LogP contribution >= 0.6 is 11.8 Å². The van der Waals surface area contributed by atoms with Crippen molar-refractivity contribution in [2.24, 2.45) is 0 Å². The monoisotopic (exact) mass is 404 g/mol. The molecule has 7 heteroatoms. The van der Waals surface area contributed by atoms with Crippen molar-refractivity contribution >= 4 is 17.5 Å². The van der Waals surface area contributed by atoms with Gasteiger partial charge in [0, 0.05) is 11.9 Å². The van der Waals surface area contributed by atoms with Gasteiger partial charge in [-0.15, -0.1) is 10.2 Å². The lowest BCUT2D eigenvalue weighted by molar-refractivity contribution is 0.101. The summed E-state index contributed by atoms with van der Waals surface area (Å²) in [6.07, 6.45) is 1.74. The zero-order valence-electron chi connectivity index (χ0n) is 15.9. The quantitative estimate of drug-likeness (QED) is 0.347. The van der Waals surface area contributed by atoms with Gasteiger partial charge >= 0.3 is 0 Å². The SMILES string of the molecule is Cc1ccccc1OCc1nnc(SCC(=O)c2ccc[nH]2)n1-c1ccccc1. The fraction of sp³-hybridized carbons (Fsp3) is 0.136. The summed E-state index contributed by atoms with van der Waals surface area (Å²) < 4.78 is 7.91. The van der Waals surface area contributed by atoms with Gasteiger partial charge in [-0.1, -0.05) is 48.2 Å². The Hall–Kier alpha value is -3.32. The number of aromatic nitrogens is 4. The molecule has 0 aliphatic rings. The highest BCUT2D eigenvalue weighted by molar-refractivity contribution is 7.99. The molecule has 0 amide bonds. The molecule has 4 aromatic rings. The molecule has 2 aromatic carbocycles. The summed E-state index contributed by atoms with van der Waals surface area (Å²) in [4.78, 5) is 15.3. The Kier molecular flexibility index (Phi) is 5.76. The van der Waals surface area contributed by atoms with E-state index in [0.717, 1.165) is 17.0 Å². The van der Waals surface area contributed by atoms with Gasteiger partial charge in [-0.2, -0.15) is 0 Å². The van der Waals surface area contributed by atoms with E-state index in [9.17, 15) is 4.79 Å². The molecule has 4 rings (SSSR count). The lowest BCUT2D eigenvalue weighted by atomic mass is 10.2. The third-order valence-electron chi connectivity index (χ3n) is 4.40. The Morgan fingerprint density at radius 3 is 2.59 bits per heavy atom. The third-order valence-corrected chi connectivity index (χ3v) is 5.32. The third kappa shape index (κ3) is 4.41. The van der Waals surface area contributed by atoms with Crippen molar-refractivity contribution < 1.29 is 9.53 Å². The first-order valence-electron chi connectivity index (χ1n) is 9.20. The summed E-state index contributed by atoms with van der Waals surface area (Å²) in [6, 6.07) is 21.3. The highest BCUT2D eigenvalue weighted by atomic mass is 32.2. The lowest BCUT2D eigenvalue weighted by Gasteiger charge is -2.12. The molecule has 0 atom stereocenters. The maximum Gasteiger partial charge on any atom is 0.196 e. The maximum absolute atomic E-state index is 12.3. The molecule has 0 saturated heterocycles. The number of nitrogens with zero attached hydrogens (tertiary/aromatic N) is 3. The van der Waals surface area contributed by atoms with E-state index >= 15 is 0 Å². The Morgan fingerprint density at radius 2 is 1.83 bits per heavy atom. The number of aromatic amines is 1. The molecule has 0 fully saturated rings. The highest BCUT2D eigenvalue weighted by Crippen LogP contribution is 2.24. The van der Waals surface area contributed by atoms with Gasteiger partial charge in [0.15, 0.2) is 16.8 Å². The first kappa shape index (κ1) is 19.0. The minimum absolute atomic E-state index is 0.0142. The Morgan fingerprint density at radius 1 is 1.03 bits per heavy atom. The van der Waals surface area contributed by atoms with Crippen LogP contribution in [-0.4, -0.2) is 31.3 Å². The number of H-pyrrole nitrogens is 1. The van der Waals surface area contributed by atoms with Crippen LogP contribution in [0.5, 0.6) is 5.75 Å². The van der Waals surface area contributed by atoms with Gasteiger partial charge < -0.3 is 9.72 Å². The summed E-state index contributed by atoms with van der Waals surface area (Å²) in [7, 11) is 0. The highest BCUT2D eigenvalue weighted by Gasteiger charge is 2.17. The predicted octanol–water partition coefficient (Wildman–Crippen LogP) is 4.46. The number of nitrogens with one attached hydrogen (secondary N) is 1. The molecular weight excluding hydrogens is 384 g/mol. The van der Waals surface area contributed by atoms with Crippen LogP contribution < -0.4 is 4.74 Å². The molecule has 0 aliphatic carbocycles. The minimum Gasteiger partial charge on any atom is -0.485 e. The van der Waals surface area contributed by atoms with E-state index in [0.29, 0.717) is 16.7 Å². The van der Waals surface area contributed by atoms with E-state index in [4.69, 9.17) is 4.74 Å². The first-order chi connectivity index (χ1) is 14.2. The van der Waals surface area contributed by atoms with Gasteiger partial charge in [0.05, 0.1) is 11.4 Å². The van der Waals surface area contributed by atoms with Gasteiger partial charge in [0.1, 0.15) is 12.4 Å². The fourth-order valence-corrected chi connectivity index (χ4v) is 3.75. The number of rotatable bonds is 8. The molecule has 0 aliphatic heterocycles. The van der Waals surface area contributed by atoms with Crippen molar-refractivity contribution in [2.75, 3.05) is 5.75 Å². The molecular formula is C22H20N4O2S. The molecule has 1 N–H and O–H groups in total. The van der Waals surface area contributed by atoms with Gasteiger partial charge in [-0.3, -0.25) is 9.36 Å². The molecule has 2 aromatic heterocycles. The number of aryl methyl sites for hydroxylation is 1. The number of carbonyl (C=O) groups is 1. The summed E-state index contributed by atoms with van der Waals surface area (Å²) >= 11 is 1.36. The number of ketones is 1. The van der Waals surface area contributed by atoms with Crippen LogP contribution in [0.2, 0.25) is 0 Å². The predicted molar refractivity (Wildman–Crippen MR) is 113 cm³/mol. The van der Waals surface area contributed by atoms with E-state index in [1.165, 1.54) is 11.8 Å². The summed E-state index contributed by atoms with van der Waals surface area (Å²) in [5.74, 6) is 1.77.